The fourth-order valence-electron chi connectivity index (χ4n) is 1.12. The number of halogens is 1. The zero-order chi connectivity index (χ0) is 11.0. The monoisotopic (exact) mass is 270 g/mol. The van der Waals surface area contributed by atoms with Gasteiger partial charge in [0.15, 0.2) is 0 Å². The van der Waals surface area contributed by atoms with Crippen LogP contribution in [0, 0.1) is 0 Å². The van der Waals surface area contributed by atoms with Crippen LogP contribution in [0.25, 0.3) is 11.0 Å². The molecule has 0 radical (unpaired) electrons. The summed E-state index contributed by atoms with van der Waals surface area (Å²) in [5.74, 6) is 0.275. The van der Waals surface area contributed by atoms with Crippen molar-refractivity contribution in [2.24, 2.45) is 0 Å². The van der Waals surface area contributed by atoms with Gasteiger partial charge in [0.2, 0.25) is 5.95 Å². The molecule has 78 valence electrons. The van der Waals surface area contributed by atoms with Crippen molar-refractivity contribution in [3.05, 3.63) is 16.9 Å². The van der Waals surface area contributed by atoms with E-state index >= 15 is 0 Å². The zero-order valence-corrected chi connectivity index (χ0v) is 9.32. The summed E-state index contributed by atoms with van der Waals surface area (Å²) in [6.07, 6.45) is 0.496. The Morgan fingerprint density at radius 2 is 2.40 bits per heavy atom. The number of nitrogens with zero attached hydrogens (tertiary/aromatic N) is 3. The Balaban J connectivity index is 2.51. The number of aromatic amines is 1. The van der Waals surface area contributed by atoms with Gasteiger partial charge in [-0.1, -0.05) is 0 Å². The maximum Gasteiger partial charge on any atom is 0.413 e. The van der Waals surface area contributed by atoms with E-state index in [9.17, 15) is 4.79 Å². The van der Waals surface area contributed by atoms with E-state index < -0.39 is 6.09 Å². The first-order valence-electron chi connectivity index (χ1n) is 4.06. The lowest BCUT2D eigenvalue weighted by molar-refractivity contribution is 0.203. The van der Waals surface area contributed by atoms with Crippen LogP contribution < -0.4 is 4.90 Å². The molecule has 0 spiro atoms. The molecule has 0 bridgehead atoms. The van der Waals surface area contributed by atoms with E-state index in [2.05, 4.69) is 30.9 Å². The lowest BCUT2D eigenvalue weighted by Gasteiger charge is -2.07. The topological polar surface area (TPSA) is 82.1 Å². The van der Waals surface area contributed by atoms with E-state index in [0.29, 0.717) is 10.1 Å². The van der Waals surface area contributed by atoms with Gasteiger partial charge in [0.25, 0.3) is 0 Å². The number of carbonyl (C=O) groups is 1. The van der Waals surface area contributed by atoms with Gasteiger partial charge in [0.05, 0.1) is 11.7 Å². The summed E-state index contributed by atoms with van der Waals surface area (Å²) >= 11 is 3.22. The first-order chi connectivity index (χ1) is 7.08. The number of nitrogens with one attached hydrogen (secondary N) is 1. The molecule has 1 amide bonds. The Labute approximate surface area is 93.1 Å². The van der Waals surface area contributed by atoms with Gasteiger partial charge in [0, 0.05) is 7.05 Å². The number of aromatic nitrogens is 3. The third kappa shape index (κ3) is 1.78. The third-order valence-electron chi connectivity index (χ3n) is 1.93. The summed E-state index contributed by atoms with van der Waals surface area (Å²) in [4.78, 5) is 22.6. The quantitative estimate of drug-likeness (QED) is 0.775. The van der Waals surface area contributed by atoms with Crippen LogP contribution in [0.3, 0.4) is 0 Å². The molecule has 0 saturated heterocycles. The predicted octanol–water partition coefficient (Wildman–Crippen LogP) is 1.83. The minimum Gasteiger partial charge on any atom is -0.465 e. The number of carboxylic acid groups (broad SMARTS) is 1. The molecule has 0 aromatic carbocycles. The number of anilines is 1. The molecular weight excluding hydrogens is 264 g/mol. The molecule has 2 aromatic rings. The lowest BCUT2D eigenvalue weighted by atomic mass is 10.4. The Kier molecular flexibility index (Phi) is 2.31. The second kappa shape index (κ2) is 3.50. The minimum absolute atomic E-state index is 0.275. The van der Waals surface area contributed by atoms with Crippen LogP contribution in [-0.2, 0) is 0 Å². The molecule has 2 aromatic heterocycles. The number of imidazole rings is 1. The van der Waals surface area contributed by atoms with E-state index in [1.807, 2.05) is 0 Å². The van der Waals surface area contributed by atoms with Gasteiger partial charge in [-0.05, 0) is 22.0 Å². The van der Waals surface area contributed by atoms with Crippen molar-refractivity contribution in [2.45, 2.75) is 0 Å². The maximum atomic E-state index is 10.7. The molecule has 0 fully saturated rings. The fourth-order valence-corrected chi connectivity index (χ4v) is 1.46. The number of fused-ring (bicyclic) bond motifs is 1. The van der Waals surface area contributed by atoms with Gasteiger partial charge >= 0.3 is 6.09 Å². The highest BCUT2D eigenvalue weighted by Crippen LogP contribution is 2.18. The largest absolute Gasteiger partial charge is 0.465 e. The molecule has 0 aliphatic carbocycles. The molecule has 2 rings (SSSR count). The molecule has 2 heterocycles. The summed E-state index contributed by atoms with van der Waals surface area (Å²) in [7, 11) is 1.42. The van der Waals surface area contributed by atoms with Crippen molar-refractivity contribution in [3.63, 3.8) is 0 Å². The second-order valence-electron chi connectivity index (χ2n) is 2.93. The molecule has 0 atom stereocenters. The smallest absolute Gasteiger partial charge is 0.413 e. The van der Waals surface area contributed by atoms with E-state index in [-0.39, 0.29) is 5.95 Å². The van der Waals surface area contributed by atoms with Crippen molar-refractivity contribution in [2.75, 3.05) is 11.9 Å². The lowest BCUT2D eigenvalue weighted by Crippen LogP contribution is -2.24. The Hall–Kier alpha value is -1.63. The third-order valence-corrected chi connectivity index (χ3v) is 2.36. The number of rotatable bonds is 1. The van der Waals surface area contributed by atoms with Crippen LogP contribution in [0.1, 0.15) is 0 Å². The number of H-pyrrole nitrogens is 1. The van der Waals surface area contributed by atoms with E-state index in [1.54, 1.807) is 12.3 Å². The normalized spacial score (nSPS) is 10.5. The number of hydrogen-bond donors (Lipinski definition) is 2. The van der Waals surface area contributed by atoms with Gasteiger partial charge in [-0.3, -0.25) is 4.90 Å². The number of hydrogen-bond acceptors (Lipinski definition) is 3. The van der Waals surface area contributed by atoms with Crippen LogP contribution in [0.5, 0.6) is 0 Å². The van der Waals surface area contributed by atoms with Gasteiger partial charge < -0.3 is 10.1 Å². The van der Waals surface area contributed by atoms with Crippen molar-refractivity contribution in [1.82, 2.24) is 15.0 Å². The SMILES string of the molecule is CN(C(=O)O)c1nc2cnc(Br)cc2[nH]1. The summed E-state index contributed by atoms with van der Waals surface area (Å²) < 4.78 is 0.670. The first kappa shape index (κ1) is 9.91. The summed E-state index contributed by atoms with van der Waals surface area (Å²) in [6, 6.07) is 1.74. The van der Waals surface area contributed by atoms with Gasteiger partial charge in [-0.25, -0.2) is 14.8 Å². The van der Waals surface area contributed by atoms with Crippen LogP contribution in [0.15, 0.2) is 16.9 Å². The highest BCUT2D eigenvalue weighted by atomic mass is 79.9. The number of pyridine rings is 1. The van der Waals surface area contributed by atoms with Crippen molar-refractivity contribution in [3.8, 4) is 0 Å². The maximum absolute atomic E-state index is 10.7. The number of amides is 1. The molecule has 0 unspecified atom stereocenters. The average molecular weight is 271 g/mol. The van der Waals surface area contributed by atoms with Crippen molar-refractivity contribution >= 4 is 39.0 Å². The minimum atomic E-state index is -1.07. The van der Waals surface area contributed by atoms with Crippen molar-refractivity contribution in [1.29, 1.82) is 0 Å². The fraction of sp³-hybridized carbons (Fsp3) is 0.125. The zero-order valence-electron chi connectivity index (χ0n) is 7.73. The molecule has 7 heteroatoms. The molecular formula is C8H7BrN4O2. The highest BCUT2D eigenvalue weighted by Gasteiger charge is 2.13. The summed E-state index contributed by atoms with van der Waals surface area (Å²) in [5, 5.41) is 8.76. The van der Waals surface area contributed by atoms with Gasteiger partial charge in [-0.15, -0.1) is 0 Å². The Bertz CT molecular complexity index is 524. The molecule has 0 aliphatic heterocycles. The van der Waals surface area contributed by atoms with Gasteiger partial charge in [0.1, 0.15) is 10.1 Å². The summed E-state index contributed by atoms with van der Waals surface area (Å²) in [6.45, 7) is 0. The average Bonchev–Trinajstić information content (AvgIpc) is 2.58. The van der Waals surface area contributed by atoms with Crippen LogP contribution in [0.4, 0.5) is 10.7 Å². The van der Waals surface area contributed by atoms with E-state index in [0.717, 1.165) is 10.4 Å². The molecule has 6 nitrogen and oxygen atoms in total. The van der Waals surface area contributed by atoms with Crippen LogP contribution in [-0.4, -0.2) is 33.2 Å². The van der Waals surface area contributed by atoms with E-state index in [1.165, 1.54) is 7.05 Å². The second-order valence-corrected chi connectivity index (χ2v) is 3.74. The first-order valence-corrected chi connectivity index (χ1v) is 4.85. The standard InChI is InChI=1S/C8H7BrN4O2/c1-13(8(14)15)7-11-4-2-6(9)10-3-5(4)12-7/h2-3H,1H3,(H,11,12)(H,14,15). The van der Waals surface area contributed by atoms with E-state index in [4.69, 9.17) is 5.11 Å². The molecule has 15 heavy (non-hydrogen) atoms. The summed E-state index contributed by atoms with van der Waals surface area (Å²) in [5.41, 5.74) is 1.36. The van der Waals surface area contributed by atoms with Crippen LogP contribution in [0.2, 0.25) is 0 Å². The van der Waals surface area contributed by atoms with Crippen LogP contribution >= 0.6 is 15.9 Å². The Morgan fingerprint density at radius 1 is 1.67 bits per heavy atom. The predicted molar refractivity (Wildman–Crippen MR) is 58.0 cm³/mol. The molecule has 0 aliphatic rings. The van der Waals surface area contributed by atoms with Crippen molar-refractivity contribution < 1.29 is 9.90 Å². The molecule has 0 saturated carbocycles. The van der Waals surface area contributed by atoms with Gasteiger partial charge in [-0.2, -0.15) is 0 Å². The highest BCUT2D eigenvalue weighted by molar-refractivity contribution is 9.10. The Morgan fingerprint density at radius 3 is 3.07 bits per heavy atom. The molecule has 2 N–H and O–H groups in total.